The minimum absolute atomic E-state index is 0.0118. The van der Waals surface area contributed by atoms with Crippen molar-refractivity contribution >= 4 is 0 Å². The highest BCUT2D eigenvalue weighted by Crippen LogP contribution is 2.33. The Labute approximate surface area is 104 Å². The monoisotopic (exact) mass is 259 g/mol. The third-order valence-corrected chi connectivity index (χ3v) is 3.34. The lowest BCUT2D eigenvalue weighted by Crippen LogP contribution is -2.33. The van der Waals surface area contributed by atoms with Crippen molar-refractivity contribution in [2.45, 2.75) is 25.1 Å². The summed E-state index contributed by atoms with van der Waals surface area (Å²) in [5.41, 5.74) is -0.360. The Morgan fingerprint density at radius 3 is 2.72 bits per heavy atom. The molecular weight excluding hydrogens is 243 g/mol. The minimum atomic E-state index is -4.36. The number of alkyl halides is 3. The van der Waals surface area contributed by atoms with Gasteiger partial charge in [-0.3, -0.25) is 0 Å². The summed E-state index contributed by atoms with van der Waals surface area (Å²) in [7, 11) is 0. The fourth-order valence-electron chi connectivity index (χ4n) is 2.32. The molecule has 1 aliphatic rings. The smallest absolute Gasteiger partial charge is 0.388 e. The highest BCUT2D eigenvalue weighted by atomic mass is 19.4. The van der Waals surface area contributed by atoms with Crippen LogP contribution in [0.15, 0.2) is 24.3 Å². The first-order valence-electron chi connectivity index (χ1n) is 6.04. The molecule has 1 aromatic rings. The number of aliphatic hydroxyl groups is 1. The van der Waals surface area contributed by atoms with Crippen molar-refractivity contribution in [3.05, 3.63) is 35.4 Å². The van der Waals surface area contributed by atoms with Crippen LogP contribution >= 0.6 is 0 Å². The average Bonchev–Trinajstić information content (AvgIpc) is 2.38. The molecule has 2 N–H and O–H groups in total. The number of piperidine rings is 1. The van der Waals surface area contributed by atoms with Gasteiger partial charge in [0.25, 0.3) is 0 Å². The Morgan fingerprint density at radius 2 is 2.11 bits per heavy atom. The normalized spacial score (nSPS) is 22.8. The van der Waals surface area contributed by atoms with E-state index in [1.165, 1.54) is 6.07 Å². The van der Waals surface area contributed by atoms with Gasteiger partial charge in [-0.05, 0) is 37.1 Å². The standard InChI is InChI=1S/C13H16F3NO/c14-13(15,16)11-5-1-3-9(7-11)12(18)10-4-2-6-17-8-10/h1,3,5,7,10,12,17-18H,2,4,6,8H2/t10-,12-/m1/s1. The quantitative estimate of drug-likeness (QED) is 0.856. The van der Waals surface area contributed by atoms with Crippen LogP contribution in [0.25, 0.3) is 0 Å². The van der Waals surface area contributed by atoms with Crippen molar-refractivity contribution in [1.82, 2.24) is 5.32 Å². The van der Waals surface area contributed by atoms with Crippen LogP contribution in [0.4, 0.5) is 13.2 Å². The molecule has 2 atom stereocenters. The molecule has 0 amide bonds. The molecule has 1 aromatic carbocycles. The van der Waals surface area contributed by atoms with Crippen molar-refractivity contribution < 1.29 is 18.3 Å². The largest absolute Gasteiger partial charge is 0.416 e. The fourth-order valence-corrected chi connectivity index (χ4v) is 2.32. The number of benzene rings is 1. The Bertz CT molecular complexity index is 399. The summed E-state index contributed by atoms with van der Waals surface area (Å²) in [6, 6.07) is 4.96. The van der Waals surface area contributed by atoms with Crippen molar-refractivity contribution in [2.75, 3.05) is 13.1 Å². The van der Waals surface area contributed by atoms with Gasteiger partial charge >= 0.3 is 6.18 Å². The second kappa shape index (κ2) is 5.28. The van der Waals surface area contributed by atoms with Crippen LogP contribution in [0.2, 0.25) is 0 Å². The molecule has 0 aromatic heterocycles. The van der Waals surface area contributed by atoms with Crippen LogP contribution in [-0.2, 0) is 6.18 Å². The molecule has 2 nitrogen and oxygen atoms in total. The van der Waals surface area contributed by atoms with Gasteiger partial charge in [0, 0.05) is 12.5 Å². The van der Waals surface area contributed by atoms with E-state index in [1.54, 1.807) is 6.07 Å². The SMILES string of the molecule is O[C@H](c1cccc(C(F)(F)F)c1)[C@@H]1CCCNC1. The lowest BCUT2D eigenvalue weighted by atomic mass is 9.89. The Morgan fingerprint density at radius 1 is 1.33 bits per heavy atom. The van der Waals surface area contributed by atoms with E-state index in [9.17, 15) is 18.3 Å². The maximum Gasteiger partial charge on any atom is 0.416 e. The predicted molar refractivity (Wildman–Crippen MR) is 62.0 cm³/mol. The second-order valence-electron chi connectivity index (χ2n) is 4.67. The lowest BCUT2D eigenvalue weighted by Gasteiger charge is -2.27. The zero-order chi connectivity index (χ0) is 13.2. The molecule has 100 valence electrons. The van der Waals surface area contributed by atoms with E-state index in [1.807, 2.05) is 0 Å². The van der Waals surface area contributed by atoms with Crippen LogP contribution in [0.3, 0.4) is 0 Å². The van der Waals surface area contributed by atoms with Crippen molar-refractivity contribution in [2.24, 2.45) is 5.92 Å². The van der Waals surface area contributed by atoms with E-state index >= 15 is 0 Å². The summed E-state index contributed by atoms with van der Waals surface area (Å²) in [4.78, 5) is 0. The Kier molecular flexibility index (Phi) is 3.92. The topological polar surface area (TPSA) is 32.3 Å². The highest BCUT2D eigenvalue weighted by Gasteiger charge is 2.31. The van der Waals surface area contributed by atoms with E-state index in [2.05, 4.69) is 5.32 Å². The predicted octanol–water partition coefficient (Wildman–Crippen LogP) is 2.74. The highest BCUT2D eigenvalue weighted by molar-refractivity contribution is 5.27. The number of halogens is 3. The molecule has 1 aliphatic heterocycles. The second-order valence-corrected chi connectivity index (χ2v) is 4.67. The maximum atomic E-state index is 12.6. The van der Waals surface area contributed by atoms with E-state index in [0.717, 1.165) is 31.5 Å². The summed E-state index contributed by atoms with van der Waals surface area (Å²) in [5.74, 6) is -0.0118. The van der Waals surface area contributed by atoms with E-state index < -0.39 is 17.8 Å². The summed E-state index contributed by atoms with van der Waals surface area (Å²) in [5, 5.41) is 13.3. The van der Waals surface area contributed by atoms with Gasteiger partial charge in [0.05, 0.1) is 11.7 Å². The van der Waals surface area contributed by atoms with E-state index in [4.69, 9.17) is 0 Å². The average molecular weight is 259 g/mol. The molecule has 0 bridgehead atoms. The van der Waals surface area contributed by atoms with Gasteiger partial charge in [-0.1, -0.05) is 12.1 Å². The number of aliphatic hydroxyl groups excluding tert-OH is 1. The molecule has 5 heteroatoms. The number of rotatable bonds is 2. The van der Waals surface area contributed by atoms with Gasteiger partial charge in [0.15, 0.2) is 0 Å². The zero-order valence-electron chi connectivity index (χ0n) is 9.87. The Balaban J connectivity index is 2.17. The molecule has 2 rings (SSSR count). The van der Waals surface area contributed by atoms with Crippen molar-refractivity contribution in [3.63, 3.8) is 0 Å². The fraction of sp³-hybridized carbons (Fsp3) is 0.538. The first-order valence-corrected chi connectivity index (χ1v) is 6.04. The van der Waals surface area contributed by atoms with Gasteiger partial charge in [0.2, 0.25) is 0 Å². The third-order valence-electron chi connectivity index (χ3n) is 3.34. The van der Waals surface area contributed by atoms with Crippen molar-refractivity contribution in [1.29, 1.82) is 0 Å². The summed E-state index contributed by atoms with van der Waals surface area (Å²) >= 11 is 0. The molecule has 0 radical (unpaired) electrons. The number of hydrogen-bond donors (Lipinski definition) is 2. The maximum absolute atomic E-state index is 12.6. The molecule has 0 unspecified atom stereocenters. The van der Waals surface area contributed by atoms with Crippen LogP contribution in [0.5, 0.6) is 0 Å². The molecule has 1 heterocycles. The van der Waals surface area contributed by atoms with Crippen molar-refractivity contribution in [3.8, 4) is 0 Å². The molecule has 1 saturated heterocycles. The first kappa shape index (κ1) is 13.4. The van der Waals surface area contributed by atoms with Crippen LogP contribution < -0.4 is 5.32 Å². The third kappa shape index (κ3) is 3.03. The molecule has 0 saturated carbocycles. The molecule has 1 fully saturated rings. The van der Waals surface area contributed by atoms with E-state index in [-0.39, 0.29) is 5.92 Å². The summed E-state index contributed by atoms with van der Waals surface area (Å²) < 4.78 is 37.7. The summed E-state index contributed by atoms with van der Waals surface area (Å²) in [6.45, 7) is 1.56. The lowest BCUT2D eigenvalue weighted by molar-refractivity contribution is -0.137. The van der Waals surface area contributed by atoms with Crippen LogP contribution in [-0.4, -0.2) is 18.2 Å². The molecule has 0 spiro atoms. The van der Waals surface area contributed by atoms with Gasteiger partial charge in [0.1, 0.15) is 0 Å². The van der Waals surface area contributed by atoms with E-state index in [0.29, 0.717) is 12.1 Å². The molecule has 18 heavy (non-hydrogen) atoms. The number of hydrogen-bond acceptors (Lipinski definition) is 2. The summed E-state index contributed by atoms with van der Waals surface area (Å²) in [6.07, 6.45) is -3.41. The van der Waals surface area contributed by atoms with Gasteiger partial charge in [-0.15, -0.1) is 0 Å². The van der Waals surface area contributed by atoms with Crippen LogP contribution in [0, 0.1) is 5.92 Å². The zero-order valence-corrected chi connectivity index (χ0v) is 9.87. The molecular formula is C13H16F3NO. The molecule has 0 aliphatic carbocycles. The number of nitrogens with one attached hydrogen (secondary N) is 1. The first-order chi connectivity index (χ1) is 8.48. The Hall–Kier alpha value is -1.07. The van der Waals surface area contributed by atoms with Gasteiger partial charge < -0.3 is 10.4 Å². The van der Waals surface area contributed by atoms with Gasteiger partial charge in [-0.25, -0.2) is 0 Å². The van der Waals surface area contributed by atoms with Gasteiger partial charge in [-0.2, -0.15) is 13.2 Å². The minimum Gasteiger partial charge on any atom is -0.388 e. The van der Waals surface area contributed by atoms with Crippen LogP contribution in [0.1, 0.15) is 30.1 Å².